The van der Waals surface area contributed by atoms with Crippen LogP contribution in [0.5, 0.6) is 0 Å². The third kappa shape index (κ3) is 4.47. The van der Waals surface area contributed by atoms with E-state index in [1.165, 1.54) is 30.8 Å². The average molecular weight is 356 g/mol. The molecular weight excluding hydrogens is 322 g/mol. The SMILES string of the molecule is Cc1[nH]c2ccc(C(=O)NCCCCN3C[C@@H](C)C[C@H](C)C3)cc2c1C. The minimum Gasteiger partial charge on any atom is -0.358 e. The van der Waals surface area contributed by atoms with Gasteiger partial charge in [-0.25, -0.2) is 0 Å². The summed E-state index contributed by atoms with van der Waals surface area (Å²) in [6.07, 6.45) is 3.54. The van der Waals surface area contributed by atoms with Crippen molar-refractivity contribution >= 4 is 16.8 Å². The first kappa shape index (κ1) is 19.0. The topological polar surface area (TPSA) is 48.1 Å². The van der Waals surface area contributed by atoms with Crippen LogP contribution in [-0.4, -0.2) is 42.0 Å². The number of hydrogen-bond donors (Lipinski definition) is 2. The van der Waals surface area contributed by atoms with Crippen molar-refractivity contribution in [2.24, 2.45) is 11.8 Å². The van der Waals surface area contributed by atoms with E-state index >= 15 is 0 Å². The summed E-state index contributed by atoms with van der Waals surface area (Å²) in [5.41, 5.74) is 4.23. The Morgan fingerprint density at radius 2 is 1.92 bits per heavy atom. The van der Waals surface area contributed by atoms with Crippen LogP contribution in [0.2, 0.25) is 0 Å². The van der Waals surface area contributed by atoms with Gasteiger partial charge in [-0.1, -0.05) is 13.8 Å². The van der Waals surface area contributed by atoms with Crippen LogP contribution in [0, 0.1) is 25.7 Å². The summed E-state index contributed by atoms with van der Waals surface area (Å²) in [6, 6.07) is 5.91. The Labute approximate surface area is 157 Å². The third-order valence-corrected chi connectivity index (χ3v) is 5.70. The van der Waals surface area contributed by atoms with Crippen LogP contribution >= 0.6 is 0 Å². The summed E-state index contributed by atoms with van der Waals surface area (Å²) in [5, 5.41) is 4.22. The highest BCUT2D eigenvalue weighted by Gasteiger charge is 2.21. The van der Waals surface area contributed by atoms with Gasteiger partial charge in [-0.05, 0) is 75.3 Å². The normalized spacial score (nSPS) is 21.2. The number of aromatic amines is 1. The van der Waals surface area contributed by atoms with Crippen molar-refractivity contribution in [2.75, 3.05) is 26.2 Å². The van der Waals surface area contributed by atoms with Crippen LogP contribution < -0.4 is 5.32 Å². The summed E-state index contributed by atoms with van der Waals surface area (Å²) in [5.74, 6) is 1.66. The molecule has 1 aromatic carbocycles. The average Bonchev–Trinajstić information content (AvgIpc) is 2.87. The monoisotopic (exact) mass is 355 g/mol. The molecule has 1 aromatic heterocycles. The number of carbonyl (C=O) groups is 1. The van der Waals surface area contributed by atoms with E-state index in [-0.39, 0.29) is 5.91 Å². The molecule has 26 heavy (non-hydrogen) atoms. The molecule has 0 saturated carbocycles. The highest BCUT2D eigenvalue weighted by atomic mass is 16.1. The Balaban J connectivity index is 1.43. The lowest BCUT2D eigenvalue weighted by Crippen LogP contribution is -2.39. The zero-order chi connectivity index (χ0) is 18.7. The standard InChI is InChI=1S/C22H33N3O/c1-15-11-16(2)14-25(13-15)10-6-5-9-23-22(26)19-7-8-21-20(12-19)17(3)18(4)24-21/h7-8,12,15-16,24H,5-6,9-11,13-14H2,1-4H3,(H,23,26)/t15-,16-/m0/s1. The Kier molecular flexibility index (Phi) is 6.02. The number of benzene rings is 1. The lowest BCUT2D eigenvalue weighted by Gasteiger charge is -2.34. The first-order valence-electron chi connectivity index (χ1n) is 10.0. The van der Waals surface area contributed by atoms with Gasteiger partial charge < -0.3 is 15.2 Å². The van der Waals surface area contributed by atoms with E-state index in [1.807, 2.05) is 18.2 Å². The van der Waals surface area contributed by atoms with Crippen molar-refractivity contribution < 1.29 is 4.79 Å². The second kappa shape index (κ2) is 8.26. The molecule has 0 spiro atoms. The number of aryl methyl sites for hydroxylation is 2. The molecule has 0 aliphatic carbocycles. The zero-order valence-electron chi connectivity index (χ0n) is 16.7. The Morgan fingerprint density at radius 1 is 1.19 bits per heavy atom. The molecule has 0 radical (unpaired) electrons. The molecule has 0 unspecified atom stereocenters. The molecule has 1 fully saturated rings. The highest BCUT2D eigenvalue weighted by Crippen LogP contribution is 2.23. The summed E-state index contributed by atoms with van der Waals surface area (Å²) < 4.78 is 0. The number of hydrogen-bond acceptors (Lipinski definition) is 2. The van der Waals surface area contributed by atoms with Crippen molar-refractivity contribution in [1.82, 2.24) is 15.2 Å². The van der Waals surface area contributed by atoms with Gasteiger partial charge in [0.05, 0.1) is 0 Å². The number of likely N-dealkylation sites (tertiary alicyclic amines) is 1. The maximum atomic E-state index is 12.4. The second-order valence-corrected chi connectivity index (χ2v) is 8.30. The maximum Gasteiger partial charge on any atom is 0.251 e. The Morgan fingerprint density at radius 3 is 2.65 bits per heavy atom. The van der Waals surface area contributed by atoms with Crippen molar-refractivity contribution in [3.8, 4) is 0 Å². The second-order valence-electron chi connectivity index (χ2n) is 8.30. The number of amides is 1. The van der Waals surface area contributed by atoms with Gasteiger partial charge in [-0.3, -0.25) is 4.79 Å². The summed E-state index contributed by atoms with van der Waals surface area (Å²) in [4.78, 5) is 18.4. The van der Waals surface area contributed by atoms with Gasteiger partial charge in [-0.2, -0.15) is 0 Å². The minimum atomic E-state index is 0.0328. The van der Waals surface area contributed by atoms with Gasteiger partial charge in [0.1, 0.15) is 0 Å². The van der Waals surface area contributed by atoms with Crippen molar-refractivity contribution in [1.29, 1.82) is 0 Å². The number of nitrogens with zero attached hydrogens (tertiary/aromatic N) is 1. The van der Waals surface area contributed by atoms with Crippen LogP contribution in [-0.2, 0) is 0 Å². The van der Waals surface area contributed by atoms with E-state index in [2.05, 4.69) is 42.9 Å². The molecule has 2 aromatic rings. The number of unbranched alkanes of at least 4 members (excludes halogenated alkanes) is 1. The largest absolute Gasteiger partial charge is 0.358 e. The van der Waals surface area contributed by atoms with E-state index in [1.54, 1.807) is 0 Å². The Hall–Kier alpha value is -1.81. The number of nitrogens with one attached hydrogen (secondary N) is 2. The number of piperidine rings is 1. The number of aromatic nitrogens is 1. The first-order valence-corrected chi connectivity index (χ1v) is 10.0. The van der Waals surface area contributed by atoms with Gasteiger partial charge in [0, 0.05) is 41.8 Å². The minimum absolute atomic E-state index is 0.0328. The van der Waals surface area contributed by atoms with Crippen LogP contribution in [0.25, 0.3) is 10.9 Å². The van der Waals surface area contributed by atoms with Gasteiger partial charge in [0.25, 0.3) is 5.91 Å². The van der Waals surface area contributed by atoms with Crippen molar-refractivity contribution in [3.63, 3.8) is 0 Å². The van der Waals surface area contributed by atoms with E-state index in [0.29, 0.717) is 0 Å². The third-order valence-electron chi connectivity index (χ3n) is 5.70. The summed E-state index contributed by atoms with van der Waals surface area (Å²) >= 11 is 0. The van der Waals surface area contributed by atoms with Gasteiger partial charge in [0.15, 0.2) is 0 Å². The molecule has 1 amide bonds. The molecule has 2 N–H and O–H groups in total. The fourth-order valence-electron chi connectivity index (χ4n) is 4.34. The molecule has 4 heteroatoms. The van der Waals surface area contributed by atoms with E-state index in [4.69, 9.17) is 0 Å². The fourth-order valence-corrected chi connectivity index (χ4v) is 4.34. The fraction of sp³-hybridized carbons (Fsp3) is 0.591. The zero-order valence-corrected chi connectivity index (χ0v) is 16.7. The van der Waals surface area contributed by atoms with E-state index in [9.17, 15) is 4.79 Å². The summed E-state index contributed by atoms with van der Waals surface area (Å²) in [6.45, 7) is 13.2. The number of fused-ring (bicyclic) bond motifs is 1. The lowest BCUT2D eigenvalue weighted by atomic mass is 9.92. The number of carbonyl (C=O) groups excluding carboxylic acids is 1. The molecule has 142 valence electrons. The predicted molar refractivity (Wildman–Crippen MR) is 109 cm³/mol. The molecule has 2 heterocycles. The van der Waals surface area contributed by atoms with E-state index in [0.717, 1.165) is 54.2 Å². The Bertz CT molecular complexity index is 754. The quantitative estimate of drug-likeness (QED) is 0.760. The van der Waals surface area contributed by atoms with Crippen molar-refractivity contribution in [2.45, 2.75) is 47.0 Å². The van der Waals surface area contributed by atoms with Crippen LogP contribution in [0.15, 0.2) is 18.2 Å². The first-order chi connectivity index (χ1) is 12.4. The van der Waals surface area contributed by atoms with Gasteiger partial charge >= 0.3 is 0 Å². The predicted octanol–water partition coefficient (Wildman–Crippen LogP) is 4.27. The van der Waals surface area contributed by atoms with Crippen molar-refractivity contribution in [3.05, 3.63) is 35.0 Å². The van der Waals surface area contributed by atoms with Crippen LogP contribution in [0.1, 0.15) is 54.7 Å². The highest BCUT2D eigenvalue weighted by molar-refractivity contribution is 5.99. The molecule has 1 aliphatic heterocycles. The molecule has 0 bridgehead atoms. The maximum absolute atomic E-state index is 12.4. The molecule has 3 rings (SSSR count). The molecule has 1 saturated heterocycles. The number of rotatable bonds is 6. The smallest absolute Gasteiger partial charge is 0.251 e. The van der Waals surface area contributed by atoms with Gasteiger partial charge in [-0.15, -0.1) is 0 Å². The summed E-state index contributed by atoms with van der Waals surface area (Å²) in [7, 11) is 0. The van der Waals surface area contributed by atoms with Crippen LogP contribution in [0.3, 0.4) is 0 Å². The van der Waals surface area contributed by atoms with E-state index < -0.39 is 0 Å². The lowest BCUT2D eigenvalue weighted by molar-refractivity contribution is 0.0951. The molecule has 4 nitrogen and oxygen atoms in total. The van der Waals surface area contributed by atoms with Crippen LogP contribution in [0.4, 0.5) is 0 Å². The molecular formula is C22H33N3O. The van der Waals surface area contributed by atoms with Gasteiger partial charge in [0.2, 0.25) is 0 Å². The molecule has 1 aliphatic rings. The number of H-pyrrole nitrogens is 1. The molecule has 2 atom stereocenters.